The summed E-state index contributed by atoms with van der Waals surface area (Å²) in [5, 5.41) is 2.03. The van der Waals surface area contributed by atoms with Crippen LogP contribution in [0.25, 0.3) is 0 Å². The van der Waals surface area contributed by atoms with Crippen molar-refractivity contribution in [2.45, 2.75) is 0 Å². The highest BCUT2D eigenvalue weighted by molar-refractivity contribution is 9.11. The summed E-state index contributed by atoms with van der Waals surface area (Å²) in [6.45, 7) is 3.36. The Morgan fingerprint density at radius 3 is 3.00 bits per heavy atom. The Morgan fingerprint density at radius 2 is 2.55 bits per heavy atom. The van der Waals surface area contributed by atoms with Crippen LogP contribution in [0.2, 0.25) is 0 Å². The molecule has 0 saturated heterocycles. The molecule has 0 saturated carbocycles. The Bertz CT molecular complexity index is 270. The number of hydrogen-bond acceptors (Lipinski definition) is 4. The Balaban J connectivity index is 2.64. The lowest BCUT2D eigenvalue weighted by molar-refractivity contribution is 0.0655. The number of rotatable bonds is 2. The summed E-state index contributed by atoms with van der Waals surface area (Å²) in [5.41, 5.74) is 0. The molecular formula is C6H4BrNO2S. The van der Waals surface area contributed by atoms with Crippen LogP contribution in [0.1, 0.15) is 9.80 Å². The van der Waals surface area contributed by atoms with Crippen molar-refractivity contribution >= 4 is 33.2 Å². The number of hydrogen-bond donors (Lipinski definition) is 0. The monoisotopic (exact) mass is 233 g/mol. The Labute approximate surface area is 75.8 Å². The molecule has 0 aliphatic rings. The molecule has 58 valence electrons. The van der Waals surface area contributed by atoms with Crippen molar-refractivity contribution in [3.8, 4) is 0 Å². The van der Waals surface area contributed by atoms with E-state index in [-0.39, 0.29) is 4.67 Å². The molecule has 0 aliphatic carbocycles. The van der Waals surface area contributed by atoms with Crippen molar-refractivity contribution in [1.82, 2.24) is 4.98 Å². The molecule has 0 atom stereocenters. The van der Waals surface area contributed by atoms with Gasteiger partial charge >= 0.3 is 5.97 Å². The lowest BCUT2D eigenvalue weighted by atomic mass is 10.7. The molecule has 1 rings (SSSR count). The van der Waals surface area contributed by atoms with Gasteiger partial charge in [-0.1, -0.05) is 0 Å². The average Bonchev–Trinajstić information content (AvgIpc) is 2.35. The molecule has 0 amide bonds. The maximum absolute atomic E-state index is 11.0. The second-order valence-electron chi connectivity index (χ2n) is 1.58. The molecule has 0 spiro atoms. The van der Waals surface area contributed by atoms with E-state index in [0.29, 0.717) is 5.01 Å². The molecule has 1 aromatic rings. The van der Waals surface area contributed by atoms with Gasteiger partial charge in [0.2, 0.25) is 5.01 Å². The zero-order chi connectivity index (χ0) is 8.27. The van der Waals surface area contributed by atoms with Crippen molar-refractivity contribution in [3.63, 3.8) is 0 Å². The molecule has 0 N–H and O–H groups in total. The summed E-state index contributed by atoms with van der Waals surface area (Å²) in [6, 6.07) is 0. The van der Waals surface area contributed by atoms with Crippen LogP contribution in [-0.2, 0) is 4.74 Å². The van der Waals surface area contributed by atoms with Crippen LogP contribution >= 0.6 is 27.3 Å². The van der Waals surface area contributed by atoms with Gasteiger partial charge in [-0.3, -0.25) is 0 Å². The summed E-state index contributed by atoms with van der Waals surface area (Å²) in [7, 11) is 0. The first-order valence-corrected chi connectivity index (χ1v) is 4.33. The fourth-order valence-corrected chi connectivity index (χ4v) is 1.13. The smallest absolute Gasteiger partial charge is 0.373 e. The van der Waals surface area contributed by atoms with Crippen LogP contribution < -0.4 is 0 Å². The number of nitrogens with zero attached hydrogens (tertiary/aromatic N) is 1. The van der Waals surface area contributed by atoms with Crippen molar-refractivity contribution < 1.29 is 9.53 Å². The number of ether oxygens (including phenoxy) is 1. The lowest BCUT2D eigenvalue weighted by Crippen LogP contribution is -2.00. The Morgan fingerprint density at radius 1 is 1.82 bits per heavy atom. The highest BCUT2D eigenvalue weighted by Gasteiger charge is 2.09. The summed E-state index contributed by atoms with van der Waals surface area (Å²) in [5.74, 6) is -0.484. The minimum Gasteiger partial charge on any atom is -0.414 e. The number of esters is 1. The molecule has 0 aliphatic heterocycles. The Hall–Kier alpha value is -0.680. The van der Waals surface area contributed by atoms with Gasteiger partial charge in [0.05, 0.1) is 0 Å². The van der Waals surface area contributed by atoms with Gasteiger partial charge in [-0.05, 0) is 22.5 Å². The van der Waals surface area contributed by atoms with E-state index in [9.17, 15) is 4.79 Å². The molecule has 5 heteroatoms. The molecule has 0 bridgehead atoms. The van der Waals surface area contributed by atoms with Crippen molar-refractivity contribution in [2.24, 2.45) is 0 Å². The predicted octanol–water partition coefficient (Wildman–Crippen LogP) is 2.17. The van der Waals surface area contributed by atoms with Gasteiger partial charge in [-0.25, -0.2) is 9.78 Å². The van der Waals surface area contributed by atoms with E-state index >= 15 is 0 Å². The molecule has 0 aromatic carbocycles. The van der Waals surface area contributed by atoms with Crippen molar-refractivity contribution in [1.29, 1.82) is 0 Å². The second-order valence-corrected chi connectivity index (χ2v) is 3.36. The van der Waals surface area contributed by atoms with Crippen LogP contribution in [0.4, 0.5) is 0 Å². The van der Waals surface area contributed by atoms with E-state index in [1.165, 1.54) is 17.5 Å². The summed E-state index contributed by atoms with van der Waals surface area (Å²) in [6.07, 6.45) is 1.54. The van der Waals surface area contributed by atoms with Crippen LogP contribution in [0.15, 0.2) is 22.8 Å². The molecular weight excluding hydrogens is 230 g/mol. The minimum absolute atomic E-state index is 0.192. The predicted molar refractivity (Wildman–Crippen MR) is 45.6 cm³/mol. The number of carbonyl (C=O) groups is 1. The van der Waals surface area contributed by atoms with Gasteiger partial charge < -0.3 is 4.74 Å². The van der Waals surface area contributed by atoms with Gasteiger partial charge in [-0.2, -0.15) is 0 Å². The van der Waals surface area contributed by atoms with Crippen molar-refractivity contribution in [3.05, 3.63) is 27.8 Å². The average molecular weight is 234 g/mol. The lowest BCUT2D eigenvalue weighted by Gasteiger charge is -1.95. The normalized spacial score (nSPS) is 9.18. The van der Waals surface area contributed by atoms with Gasteiger partial charge in [0.25, 0.3) is 0 Å². The third-order valence-electron chi connectivity index (χ3n) is 0.810. The maximum Gasteiger partial charge on any atom is 0.373 e. The highest BCUT2D eigenvalue weighted by Crippen LogP contribution is 2.10. The van der Waals surface area contributed by atoms with Crippen LogP contribution in [-0.4, -0.2) is 11.0 Å². The van der Waals surface area contributed by atoms with Crippen LogP contribution in [0.3, 0.4) is 0 Å². The molecule has 1 aromatic heterocycles. The first kappa shape index (κ1) is 8.42. The maximum atomic E-state index is 11.0. The van der Waals surface area contributed by atoms with Crippen molar-refractivity contribution in [2.75, 3.05) is 0 Å². The topological polar surface area (TPSA) is 39.2 Å². The van der Waals surface area contributed by atoms with E-state index in [1.807, 2.05) is 0 Å². The molecule has 0 radical (unpaired) electrons. The first-order valence-electron chi connectivity index (χ1n) is 2.66. The number of aromatic nitrogens is 1. The van der Waals surface area contributed by atoms with E-state index in [2.05, 4.69) is 32.2 Å². The van der Waals surface area contributed by atoms with E-state index in [0.717, 1.165) is 0 Å². The number of halogens is 1. The van der Waals surface area contributed by atoms with E-state index in [1.54, 1.807) is 5.38 Å². The van der Waals surface area contributed by atoms with Crippen LogP contribution in [0.5, 0.6) is 0 Å². The van der Waals surface area contributed by atoms with Gasteiger partial charge in [-0.15, -0.1) is 11.3 Å². The quantitative estimate of drug-likeness (QED) is 0.581. The standard InChI is InChI=1S/C6H4BrNO2S/c1-4(7)10-6(9)5-8-2-3-11-5/h2-3H,1H2. The van der Waals surface area contributed by atoms with E-state index < -0.39 is 5.97 Å². The number of thiazole rings is 1. The van der Waals surface area contributed by atoms with Gasteiger partial charge in [0, 0.05) is 11.6 Å². The largest absolute Gasteiger partial charge is 0.414 e. The van der Waals surface area contributed by atoms with Crippen LogP contribution in [0, 0.1) is 0 Å². The fraction of sp³-hybridized carbons (Fsp3) is 0. The fourth-order valence-electron chi connectivity index (χ4n) is 0.468. The molecule has 3 nitrogen and oxygen atoms in total. The highest BCUT2D eigenvalue weighted by atomic mass is 79.9. The second kappa shape index (κ2) is 3.64. The molecule has 0 unspecified atom stereocenters. The summed E-state index contributed by atoms with van der Waals surface area (Å²) >= 11 is 4.13. The minimum atomic E-state index is -0.484. The third kappa shape index (κ3) is 2.44. The Kier molecular flexibility index (Phi) is 2.78. The van der Waals surface area contributed by atoms with E-state index in [4.69, 9.17) is 0 Å². The van der Waals surface area contributed by atoms with Gasteiger partial charge in [0.15, 0.2) is 4.67 Å². The first-order chi connectivity index (χ1) is 5.20. The third-order valence-corrected chi connectivity index (χ3v) is 1.73. The number of carbonyl (C=O) groups excluding carboxylic acids is 1. The summed E-state index contributed by atoms with van der Waals surface area (Å²) < 4.78 is 4.82. The SMILES string of the molecule is C=C(Br)OC(=O)c1nccs1. The summed E-state index contributed by atoms with van der Waals surface area (Å²) in [4.78, 5) is 14.7. The molecule has 11 heavy (non-hydrogen) atoms. The zero-order valence-corrected chi connectivity index (χ0v) is 7.81. The molecule has 0 fully saturated rings. The molecule has 1 heterocycles. The zero-order valence-electron chi connectivity index (χ0n) is 5.41. The van der Waals surface area contributed by atoms with Gasteiger partial charge in [0.1, 0.15) is 0 Å².